The van der Waals surface area contributed by atoms with Crippen LogP contribution < -0.4 is 10.5 Å². The lowest BCUT2D eigenvalue weighted by Gasteiger charge is -2.24. The number of hydrogen-bond donors (Lipinski definition) is 2. The molecule has 3 N–H and O–H groups in total. The van der Waals surface area contributed by atoms with Crippen LogP contribution in [0.3, 0.4) is 0 Å². The standard InChI is InChI=1S/C20H24N2O2S/c1-25(21,24)17-11-7-10-16(14-17)22-20(23)19-13-6-5-12-18(19)15-8-3-2-4-9-15/h5-7,10-15H,1-4,8-9H2,(H2,21,24)(H,22,23). The Kier molecular flexibility index (Phi) is 5.25. The van der Waals surface area contributed by atoms with Gasteiger partial charge in [0, 0.05) is 16.1 Å². The summed E-state index contributed by atoms with van der Waals surface area (Å²) in [7, 11) is -2.80. The Morgan fingerprint density at radius 2 is 1.80 bits per heavy atom. The van der Waals surface area contributed by atoms with Crippen molar-refractivity contribution in [3.05, 3.63) is 59.7 Å². The predicted octanol–water partition coefficient (Wildman–Crippen LogP) is 3.94. The molecule has 4 nitrogen and oxygen atoms in total. The Balaban J connectivity index is 1.85. The second-order valence-corrected chi connectivity index (χ2v) is 8.55. The molecule has 0 radical (unpaired) electrons. The van der Waals surface area contributed by atoms with Gasteiger partial charge in [-0.25, -0.2) is 4.21 Å². The van der Waals surface area contributed by atoms with Crippen molar-refractivity contribution < 1.29 is 9.00 Å². The van der Waals surface area contributed by atoms with Crippen LogP contribution in [0.15, 0.2) is 53.4 Å². The SMILES string of the molecule is C=S(N)(=O)c1cccc(NC(=O)c2ccccc2C2CCCCC2)c1. The maximum absolute atomic E-state index is 12.8. The van der Waals surface area contributed by atoms with Crippen LogP contribution in [0.1, 0.15) is 53.9 Å². The summed E-state index contributed by atoms with van der Waals surface area (Å²) < 4.78 is 11.9. The zero-order valence-electron chi connectivity index (χ0n) is 14.2. The molecule has 1 atom stereocenters. The van der Waals surface area contributed by atoms with Crippen molar-refractivity contribution in [2.24, 2.45) is 5.14 Å². The van der Waals surface area contributed by atoms with Crippen LogP contribution in [-0.2, 0) is 9.71 Å². The molecule has 0 heterocycles. The van der Waals surface area contributed by atoms with Gasteiger partial charge in [0.2, 0.25) is 0 Å². The second-order valence-electron chi connectivity index (χ2n) is 6.63. The minimum Gasteiger partial charge on any atom is -0.322 e. The van der Waals surface area contributed by atoms with Crippen LogP contribution in [0.5, 0.6) is 0 Å². The first-order valence-corrected chi connectivity index (χ1v) is 10.4. The van der Waals surface area contributed by atoms with Crippen molar-refractivity contribution in [1.29, 1.82) is 0 Å². The van der Waals surface area contributed by atoms with Gasteiger partial charge in [-0.15, -0.1) is 0 Å². The van der Waals surface area contributed by atoms with Gasteiger partial charge in [-0.05, 0) is 54.5 Å². The van der Waals surface area contributed by atoms with Crippen LogP contribution in [0.25, 0.3) is 0 Å². The molecule has 1 aliphatic carbocycles. The number of benzene rings is 2. The van der Waals surface area contributed by atoms with E-state index >= 15 is 0 Å². The van der Waals surface area contributed by atoms with Crippen molar-refractivity contribution in [3.63, 3.8) is 0 Å². The molecule has 0 aromatic heterocycles. The van der Waals surface area contributed by atoms with Crippen LogP contribution in [0, 0.1) is 0 Å². The number of rotatable bonds is 4. The molecule has 0 saturated heterocycles. The van der Waals surface area contributed by atoms with Crippen molar-refractivity contribution >= 4 is 27.2 Å². The van der Waals surface area contributed by atoms with E-state index in [4.69, 9.17) is 5.14 Å². The fraction of sp³-hybridized carbons (Fsp3) is 0.300. The molecule has 1 saturated carbocycles. The van der Waals surface area contributed by atoms with Gasteiger partial charge in [-0.2, -0.15) is 0 Å². The summed E-state index contributed by atoms with van der Waals surface area (Å²) in [4.78, 5) is 13.2. The predicted molar refractivity (Wildman–Crippen MR) is 104 cm³/mol. The van der Waals surface area contributed by atoms with Crippen LogP contribution in [0.2, 0.25) is 0 Å². The first-order valence-electron chi connectivity index (χ1n) is 8.60. The summed E-state index contributed by atoms with van der Waals surface area (Å²) in [6.07, 6.45) is 5.99. The fourth-order valence-corrected chi connectivity index (χ4v) is 4.10. The highest BCUT2D eigenvalue weighted by Gasteiger charge is 2.21. The topological polar surface area (TPSA) is 72.2 Å². The molecule has 1 aliphatic rings. The molecule has 2 aromatic carbocycles. The summed E-state index contributed by atoms with van der Waals surface area (Å²) in [5.74, 6) is 3.79. The smallest absolute Gasteiger partial charge is 0.255 e. The highest BCUT2D eigenvalue weighted by molar-refractivity contribution is 7.98. The van der Waals surface area contributed by atoms with Crippen LogP contribution in [0.4, 0.5) is 5.69 Å². The number of hydrogen-bond acceptors (Lipinski definition) is 2. The summed E-state index contributed by atoms with van der Waals surface area (Å²) in [5.41, 5.74) is 2.40. The summed E-state index contributed by atoms with van der Waals surface area (Å²) in [6, 6.07) is 14.6. The van der Waals surface area contributed by atoms with E-state index in [0.29, 0.717) is 22.1 Å². The van der Waals surface area contributed by atoms with Crippen molar-refractivity contribution in [2.45, 2.75) is 42.9 Å². The third-order valence-electron chi connectivity index (χ3n) is 4.74. The molecule has 0 aliphatic heterocycles. The van der Waals surface area contributed by atoms with Crippen LogP contribution in [-0.4, -0.2) is 16.0 Å². The van der Waals surface area contributed by atoms with Gasteiger partial charge in [0.1, 0.15) is 0 Å². The van der Waals surface area contributed by atoms with Crippen molar-refractivity contribution in [2.75, 3.05) is 5.32 Å². The maximum Gasteiger partial charge on any atom is 0.255 e. The Morgan fingerprint density at radius 3 is 2.52 bits per heavy atom. The average molecular weight is 356 g/mol. The van der Waals surface area contributed by atoms with E-state index in [2.05, 4.69) is 17.3 Å². The number of amides is 1. The Labute approximate surface area is 149 Å². The van der Waals surface area contributed by atoms with E-state index in [1.807, 2.05) is 18.2 Å². The van der Waals surface area contributed by atoms with E-state index in [9.17, 15) is 9.00 Å². The number of nitrogens with two attached hydrogens (primary N) is 1. The molecule has 25 heavy (non-hydrogen) atoms. The van der Waals surface area contributed by atoms with E-state index in [1.165, 1.54) is 19.3 Å². The van der Waals surface area contributed by atoms with Gasteiger partial charge in [0.25, 0.3) is 5.91 Å². The molecule has 0 bridgehead atoms. The maximum atomic E-state index is 12.8. The highest BCUT2D eigenvalue weighted by Crippen LogP contribution is 2.34. The van der Waals surface area contributed by atoms with Crippen molar-refractivity contribution in [1.82, 2.24) is 0 Å². The molecule has 0 spiro atoms. The van der Waals surface area contributed by atoms with E-state index in [0.717, 1.165) is 18.4 Å². The third-order valence-corrected chi connectivity index (χ3v) is 5.79. The third kappa shape index (κ3) is 4.30. The van der Waals surface area contributed by atoms with Gasteiger partial charge in [-0.3, -0.25) is 9.93 Å². The first kappa shape index (κ1) is 17.7. The summed E-state index contributed by atoms with van der Waals surface area (Å²) >= 11 is 0. The van der Waals surface area contributed by atoms with E-state index < -0.39 is 9.71 Å². The van der Waals surface area contributed by atoms with Crippen molar-refractivity contribution in [3.8, 4) is 0 Å². The van der Waals surface area contributed by atoms with Gasteiger partial charge >= 0.3 is 0 Å². The lowest BCUT2D eigenvalue weighted by molar-refractivity contribution is 0.102. The largest absolute Gasteiger partial charge is 0.322 e. The lowest BCUT2D eigenvalue weighted by atomic mass is 9.82. The fourth-order valence-electron chi connectivity index (χ4n) is 3.46. The minimum atomic E-state index is -2.80. The molecule has 1 unspecified atom stereocenters. The van der Waals surface area contributed by atoms with Gasteiger partial charge in [-0.1, -0.05) is 43.5 Å². The van der Waals surface area contributed by atoms with Gasteiger partial charge < -0.3 is 5.32 Å². The second kappa shape index (κ2) is 7.42. The molecular weight excluding hydrogens is 332 g/mol. The molecule has 3 rings (SSSR count). The number of nitrogens with one attached hydrogen (secondary N) is 1. The first-order chi connectivity index (χ1) is 11.9. The monoisotopic (exact) mass is 356 g/mol. The number of carbonyl (C=O) groups excluding carboxylic acids is 1. The summed E-state index contributed by atoms with van der Waals surface area (Å²) in [6.45, 7) is 0. The van der Waals surface area contributed by atoms with E-state index in [1.54, 1.807) is 24.3 Å². The Morgan fingerprint density at radius 1 is 1.08 bits per heavy atom. The molecular formula is C20H24N2O2S. The molecule has 2 aromatic rings. The highest BCUT2D eigenvalue weighted by atomic mass is 32.2. The zero-order chi connectivity index (χ0) is 17.9. The quantitative estimate of drug-likeness (QED) is 0.815. The molecule has 132 valence electrons. The van der Waals surface area contributed by atoms with E-state index in [-0.39, 0.29) is 5.91 Å². The Hall–Kier alpha value is -2.11. The van der Waals surface area contributed by atoms with Crippen LogP contribution >= 0.6 is 0 Å². The van der Waals surface area contributed by atoms with Gasteiger partial charge in [0.05, 0.1) is 9.71 Å². The Bertz CT molecular complexity index is 869. The van der Waals surface area contributed by atoms with Gasteiger partial charge in [0.15, 0.2) is 0 Å². The zero-order valence-corrected chi connectivity index (χ0v) is 15.1. The molecule has 5 heteroatoms. The molecule has 1 fully saturated rings. The summed E-state index contributed by atoms with van der Waals surface area (Å²) in [5, 5.41) is 8.50. The number of anilines is 1. The average Bonchev–Trinajstić information content (AvgIpc) is 2.62. The lowest BCUT2D eigenvalue weighted by Crippen LogP contribution is -2.17. The molecule has 1 amide bonds. The minimum absolute atomic E-state index is 0.147. The normalized spacial score (nSPS) is 17.6. The number of carbonyl (C=O) groups is 1.